The highest BCUT2D eigenvalue weighted by atomic mass is 35.5. The van der Waals surface area contributed by atoms with Crippen molar-refractivity contribution in [1.82, 2.24) is 19.9 Å². The van der Waals surface area contributed by atoms with Crippen molar-refractivity contribution in [3.63, 3.8) is 0 Å². The van der Waals surface area contributed by atoms with E-state index in [9.17, 15) is 4.79 Å². The van der Waals surface area contributed by atoms with Crippen molar-refractivity contribution in [2.75, 3.05) is 5.88 Å². The van der Waals surface area contributed by atoms with Gasteiger partial charge in [-0.25, -0.2) is 0 Å². The lowest BCUT2D eigenvalue weighted by molar-refractivity contribution is -0.121. The third-order valence-corrected chi connectivity index (χ3v) is 2.91. The molecule has 0 saturated heterocycles. The van der Waals surface area contributed by atoms with Crippen molar-refractivity contribution in [3.8, 4) is 0 Å². The number of amides is 1. The SMILES string of the molecule is CC(NC(=O)CCCCl)c1nnc2ccccn12. The molecule has 2 aromatic heterocycles. The fourth-order valence-corrected chi connectivity index (χ4v) is 1.89. The van der Waals surface area contributed by atoms with E-state index in [4.69, 9.17) is 11.6 Å². The van der Waals surface area contributed by atoms with E-state index in [-0.39, 0.29) is 11.9 Å². The van der Waals surface area contributed by atoms with Crippen molar-refractivity contribution in [2.24, 2.45) is 0 Å². The summed E-state index contributed by atoms with van der Waals surface area (Å²) in [5.74, 6) is 1.20. The minimum absolute atomic E-state index is 0.0177. The van der Waals surface area contributed by atoms with E-state index < -0.39 is 0 Å². The molecule has 1 atom stereocenters. The molecule has 0 aliphatic heterocycles. The van der Waals surface area contributed by atoms with Crippen LogP contribution in [0, 0.1) is 0 Å². The molecular formula is C12H15ClN4O. The maximum absolute atomic E-state index is 11.6. The van der Waals surface area contributed by atoms with E-state index in [2.05, 4.69) is 15.5 Å². The van der Waals surface area contributed by atoms with Crippen molar-refractivity contribution < 1.29 is 4.79 Å². The molecule has 6 heteroatoms. The first-order valence-corrected chi connectivity index (χ1v) is 6.41. The van der Waals surface area contributed by atoms with Crippen LogP contribution in [0.15, 0.2) is 24.4 Å². The number of pyridine rings is 1. The first-order valence-electron chi connectivity index (χ1n) is 5.87. The van der Waals surface area contributed by atoms with Crippen LogP contribution in [0.4, 0.5) is 0 Å². The largest absolute Gasteiger partial charge is 0.346 e. The number of carbonyl (C=O) groups excluding carboxylic acids is 1. The molecule has 0 radical (unpaired) electrons. The van der Waals surface area contributed by atoms with Gasteiger partial charge < -0.3 is 5.32 Å². The average molecular weight is 267 g/mol. The van der Waals surface area contributed by atoms with Gasteiger partial charge in [-0.15, -0.1) is 21.8 Å². The van der Waals surface area contributed by atoms with E-state index in [0.717, 1.165) is 11.5 Å². The second kappa shape index (κ2) is 5.82. The Balaban J connectivity index is 2.09. The summed E-state index contributed by atoms with van der Waals surface area (Å²) in [7, 11) is 0. The highest BCUT2D eigenvalue weighted by molar-refractivity contribution is 6.17. The highest BCUT2D eigenvalue weighted by Crippen LogP contribution is 2.11. The summed E-state index contributed by atoms with van der Waals surface area (Å²) < 4.78 is 1.87. The van der Waals surface area contributed by atoms with Crippen LogP contribution in [-0.2, 0) is 4.79 Å². The van der Waals surface area contributed by atoms with Crippen LogP contribution in [-0.4, -0.2) is 26.4 Å². The number of nitrogens with zero attached hydrogens (tertiary/aromatic N) is 3. The fourth-order valence-electron chi connectivity index (χ4n) is 1.76. The van der Waals surface area contributed by atoms with Crippen LogP contribution < -0.4 is 5.32 Å². The Morgan fingerprint density at radius 2 is 2.33 bits per heavy atom. The van der Waals surface area contributed by atoms with Crippen LogP contribution in [0.1, 0.15) is 31.6 Å². The highest BCUT2D eigenvalue weighted by Gasteiger charge is 2.15. The van der Waals surface area contributed by atoms with Crippen molar-refractivity contribution in [2.45, 2.75) is 25.8 Å². The Morgan fingerprint density at radius 3 is 3.11 bits per heavy atom. The van der Waals surface area contributed by atoms with Crippen molar-refractivity contribution >= 4 is 23.2 Å². The Morgan fingerprint density at radius 1 is 1.50 bits per heavy atom. The molecule has 0 saturated carbocycles. The number of hydrogen-bond donors (Lipinski definition) is 1. The van der Waals surface area contributed by atoms with Crippen LogP contribution in [0.3, 0.4) is 0 Å². The zero-order valence-electron chi connectivity index (χ0n) is 10.1. The molecule has 0 aliphatic carbocycles. The van der Waals surface area contributed by atoms with Gasteiger partial charge in [0.25, 0.3) is 0 Å². The predicted octanol–water partition coefficient (Wildman–Crippen LogP) is 1.93. The Kier molecular flexibility index (Phi) is 4.15. The van der Waals surface area contributed by atoms with E-state index in [1.165, 1.54) is 0 Å². The van der Waals surface area contributed by atoms with Crippen LogP contribution in [0.5, 0.6) is 0 Å². The van der Waals surface area contributed by atoms with Crippen molar-refractivity contribution in [1.29, 1.82) is 0 Å². The second-order valence-electron chi connectivity index (χ2n) is 4.07. The molecule has 0 bridgehead atoms. The predicted molar refractivity (Wildman–Crippen MR) is 69.5 cm³/mol. The molecule has 1 amide bonds. The molecule has 18 heavy (non-hydrogen) atoms. The van der Waals surface area contributed by atoms with Gasteiger partial charge in [0.2, 0.25) is 5.91 Å². The van der Waals surface area contributed by atoms with E-state index in [0.29, 0.717) is 18.7 Å². The summed E-state index contributed by atoms with van der Waals surface area (Å²) in [5, 5.41) is 11.0. The summed E-state index contributed by atoms with van der Waals surface area (Å²) in [6.45, 7) is 1.89. The molecule has 1 N–H and O–H groups in total. The number of halogens is 1. The lowest BCUT2D eigenvalue weighted by Gasteiger charge is -2.11. The van der Waals surface area contributed by atoms with Gasteiger partial charge in [0, 0.05) is 18.5 Å². The lowest BCUT2D eigenvalue weighted by Crippen LogP contribution is -2.27. The minimum Gasteiger partial charge on any atom is -0.346 e. The number of hydrogen-bond acceptors (Lipinski definition) is 3. The fraction of sp³-hybridized carbons (Fsp3) is 0.417. The summed E-state index contributed by atoms with van der Waals surface area (Å²) in [6, 6.07) is 5.50. The number of nitrogens with one attached hydrogen (secondary N) is 1. The summed E-state index contributed by atoms with van der Waals surface area (Å²) >= 11 is 5.55. The zero-order valence-corrected chi connectivity index (χ0v) is 10.9. The zero-order chi connectivity index (χ0) is 13.0. The molecule has 0 aliphatic rings. The van der Waals surface area contributed by atoms with E-state index in [1.54, 1.807) is 0 Å². The average Bonchev–Trinajstić information content (AvgIpc) is 2.80. The molecule has 0 fully saturated rings. The van der Waals surface area contributed by atoms with Gasteiger partial charge in [0.1, 0.15) is 0 Å². The van der Waals surface area contributed by atoms with Crippen LogP contribution in [0.25, 0.3) is 5.65 Å². The van der Waals surface area contributed by atoms with Gasteiger partial charge in [0.15, 0.2) is 11.5 Å². The number of carbonyl (C=O) groups is 1. The molecule has 2 aromatic rings. The van der Waals surface area contributed by atoms with Crippen molar-refractivity contribution in [3.05, 3.63) is 30.2 Å². The monoisotopic (exact) mass is 266 g/mol. The van der Waals surface area contributed by atoms with Gasteiger partial charge in [-0.3, -0.25) is 9.20 Å². The maximum atomic E-state index is 11.6. The standard InChI is InChI=1S/C12H15ClN4O/c1-9(14-11(18)6-4-7-13)12-16-15-10-5-2-3-8-17(10)12/h2-3,5,8-9H,4,6-7H2,1H3,(H,14,18). The number of alkyl halides is 1. The molecule has 96 valence electrons. The summed E-state index contributed by atoms with van der Waals surface area (Å²) in [6.07, 6.45) is 3.00. The van der Waals surface area contributed by atoms with Gasteiger partial charge in [-0.2, -0.15) is 0 Å². The number of rotatable bonds is 5. The normalized spacial score (nSPS) is 12.6. The molecule has 0 aromatic carbocycles. The molecule has 2 rings (SSSR count). The molecule has 2 heterocycles. The smallest absolute Gasteiger partial charge is 0.220 e. The van der Waals surface area contributed by atoms with E-state index in [1.807, 2.05) is 35.7 Å². The second-order valence-corrected chi connectivity index (χ2v) is 4.45. The van der Waals surface area contributed by atoms with Gasteiger partial charge in [-0.1, -0.05) is 6.07 Å². The van der Waals surface area contributed by atoms with Crippen LogP contribution in [0.2, 0.25) is 0 Å². The molecule has 0 spiro atoms. The van der Waals surface area contributed by atoms with Gasteiger partial charge in [-0.05, 0) is 25.5 Å². The maximum Gasteiger partial charge on any atom is 0.220 e. The van der Waals surface area contributed by atoms with Gasteiger partial charge >= 0.3 is 0 Å². The number of aromatic nitrogens is 3. The Bertz CT molecular complexity index is 540. The Hall–Kier alpha value is -1.62. The molecular weight excluding hydrogens is 252 g/mol. The van der Waals surface area contributed by atoms with E-state index >= 15 is 0 Å². The molecule has 1 unspecified atom stereocenters. The number of fused-ring (bicyclic) bond motifs is 1. The first kappa shape index (κ1) is 12.8. The van der Waals surface area contributed by atoms with Crippen LogP contribution >= 0.6 is 11.6 Å². The minimum atomic E-state index is -0.176. The quantitative estimate of drug-likeness (QED) is 0.841. The third kappa shape index (κ3) is 2.79. The summed E-state index contributed by atoms with van der Waals surface area (Å²) in [4.78, 5) is 11.6. The third-order valence-electron chi connectivity index (χ3n) is 2.64. The molecule has 5 nitrogen and oxygen atoms in total. The van der Waals surface area contributed by atoms with Gasteiger partial charge in [0.05, 0.1) is 6.04 Å². The Labute approximate surface area is 110 Å². The lowest BCUT2D eigenvalue weighted by atomic mass is 10.2. The summed E-state index contributed by atoms with van der Waals surface area (Å²) in [5.41, 5.74) is 0.773. The first-order chi connectivity index (χ1) is 8.72. The topological polar surface area (TPSA) is 59.3 Å².